The number of aromatic nitrogens is 1. The Morgan fingerprint density at radius 2 is 1.50 bits per heavy atom. The van der Waals surface area contributed by atoms with Crippen LogP contribution in [0.4, 0.5) is 10.1 Å². The molecule has 0 radical (unpaired) electrons. The molecule has 3 aliphatic rings. The number of likely N-dealkylation sites (tertiary alicyclic amines) is 1. The Labute approximate surface area is 349 Å². The number of hydrogen-bond donors (Lipinski definition) is 4. The number of pyridine rings is 1. The van der Waals surface area contributed by atoms with Crippen molar-refractivity contribution in [2.24, 2.45) is 0 Å². The van der Waals surface area contributed by atoms with Crippen molar-refractivity contribution >= 4 is 52.2 Å². The van der Waals surface area contributed by atoms with Crippen molar-refractivity contribution in [2.75, 3.05) is 123 Å². The van der Waals surface area contributed by atoms with Crippen molar-refractivity contribution in [3.05, 3.63) is 48.7 Å². The van der Waals surface area contributed by atoms with Crippen LogP contribution >= 0.6 is 0 Å². The van der Waals surface area contributed by atoms with Gasteiger partial charge in [0.1, 0.15) is 11.7 Å². The third-order valence-electron chi connectivity index (χ3n) is 11.7. The van der Waals surface area contributed by atoms with Gasteiger partial charge in [0.15, 0.2) is 0 Å². The second-order valence-corrected chi connectivity index (χ2v) is 15.8. The second-order valence-electron chi connectivity index (χ2n) is 15.8. The molecule has 2 atom stereocenters. The predicted molar refractivity (Wildman–Crippen MR) is 221 cm³/mol. The molecule has 3 saturated heterocycles. The first kappa shape index (κ1) is 45.8. The molecule has 0 spiro atoms. The molecule has 0 aliphatic carbocycles. The number of fused-ring (bicyclic) bond motifs is 1. The Bertz CT molecular complexity index is 1850. The molecule has 1 aromatic heterocycles. The lowest BCUT2D eigenvalue weighted by Crippen LogP contribution is -2.50. The van der Waals surface area contributed by atoms with Crippen LogP contribution in [0.25, 0.3) is 10.9 Å². The fraction of sp³-hybridized carbons (Fsp3) is 0.585. The molecule has 5 rings (SSSR count). The van der Waals surface area contributed by atoms with E-state index in [0.29, 0.717) is 75.4 Å². The lowest BCUT2D eigenvalue weighted by molar-refractivity contribution is -0.145. The number of rotatable bonds is 18. The van der Waals surface area contributed by atoms with Gasteiger partial charge in [-0.15, -0.1) is 0 Å². The normalized spacial score (nSPS) is 20.5. The largest absolute Gasteiger partial charge is 0.480 e. The Morgan fingerprint density at radius 3 is 2.10 bits per heavy atom. The molecule has 0 saturated carbocycles. The van der Waals surface area contributed by atoms with Gasteiger partial charge in [-0.2, -0.15) is 0 Å². The van der Waals surface area contributed by atoms with Crippen molar-refractivity contribution < 1.29 is 48.5 Å². The number of piperazine rings is 1. The summed E-state index contributed by atoms with van der Waals surface area (Å²) < 4.78 is 14.5. The van der Waals surface area contributed by atoms with Crippen LogP contribution in [0.3, 0.4) is 0 Å². The highest BCUT2D eigenvalue weighted by atomic mass is 19.1. The number of carbonyl (C=O) groups is 6. The van der Waals surface area contributed by atoms with E-state index in [4.69, 9.17) is 0 Å². The van der Waals surface area contributed by atoms with Gasteiger partial charge in [0.25, 0.3) is 5.91 Å². The molecule has 4 N–H and O–H groups in total. The molecule has 1 aromatic carbocycles. The number of halogens is 1. The Balaban J connectivity index is 1.07. The third kappa shape index (κ3) is 12.9. The molecule has 19 heteroatoms. The smallest absolute Gasteiger partial charge is 0.320 e. The van der Waals surface area contributed by atoms with Gasteiger partial charge in [-0.3, -0.25) is 53.4 Å². The van der Waals surface area contributed by atoms with Gasteiger partial charge in [0.05, 0.1) is 37.3 Å². The van der Waals surface area contributed by atoms with Crippen LogP contribution in [0.5, 0.6) is 0 Å². The monoisotopic (exact) mass is 839 g/mol. The lowest BCUT2D eigenvalue weighted by Gasteiger charge is -2.36. The topological polar surface area (TPSA) is 211 Å². The SMILES string of the molecule is C=CC1(F)CCN(C(=O)CNC(=O)c2ccnc3ccc(N(C)CCCN4CCN(C(=O)CCC(C(=O)O)N5CCN(CC(=O)O)CCN(CC(=O)O)CC5)CC4)cc23)C1. The summed E-state index contributed by atoms with van der Waals surface area (Å²) in [5.41, 5.74) is 0.286. The summed E-state index contributed by atoms with van der Waals surface area (Å²) in [4.78, 5) is 91.5. The number of alkyl halides is 1. The highest BCUT2D eigenvalue weighted by Crippen LogP contribution is 2.27. The van der Waals surface area contributed by atoms with Crippen LogP contribution in [-0.2, 0) is 24.0 Å². The van der Waals surface area contributed by atoms with Crippen LogP contribution < -0.4 is 10.2 Å². The molecule has 18 nitrogen and oxygen atoms in total. The average Bonchev–Trinajstić information content (AvgIpc) is 3.66. The Kier molecular flexibility index (Phi) is 16.3. The van der Waals surface area contributed by atoms with Crippen molar-refractivity contribution in [3.8, 4) is 0 Å². The average molecular weight is 840 g/mol. The van der Waals surface area contributed by atoms with Gasteiger partial charge in [-0.25, -0.2) is 4.39 Å². The summed E-state index contributed by atoms with van der Waals surface area (Å²) in [6.07, 6.45) is 3.89. The number of carboxylic acids is 3. The predicted octanol–water partition coefficient (Wildman–Crippen LogP) is 0.384. The van der Waals surface area contributed by atoms with E-state index in [1.807, 2.05) is 25.2 Å². The summed E-state index contributed by atoms with van der Waals surface area (Å²) >= 11 is 0. The third-order valence-corrected chi connectivity index (χ3v) is 11.7. The van der Waals surface area contributed by atoms with E-state index in [1.165, 1.54) is 11.0 Å². The molecular weight excluding hydrogens is 782 g/mol. The zero-order valence-corrected chi connectivity index (χ0v) is 34.3. The van der Waals surface area contributed by atoms with Crippen molar-refractivity contribution in [1.82, 2.24) is 39.7 Å². The molecule has 0 bridgehead atoms. The number of hydrogen-bond acceptors (Lipinski definition) is 12. The van der Waals surface area contributed by atoms with Crippen LogP contribution in [0.15, 0.2) is 43.1 Å². The zero-order valence-electron chi connectivity index (χ0n) is 34.3. The number of anilines is 1. The number of amides is 3. The summed E-state index contributed by atoms with van der Waals surface area (Å²) in [7, 11) is 1.97. The maximum absolute atomic E-state index is 14.5. The van der Waals surface area contributed by atoms with E-state index in [1.54, 1.807) is 31.9 Å². The Hall–Kier alpha value is -5.24. The lowest BCUT2D eigenvalue weighted by atomic mass is 10.1. The van der Waals surface area contributed by atoms with Crippen LogP contribution in [0.2, 0.25) is 0 Å². The first-order valence-electron chi connectivity index (χ1n) is 20.5. The molecule has 4 heterocycles. The van der Waals surface area contributed by atoms with Gasteiger partial charge in [0, 0.05) is 116 Å². The minimum absolute atomic E-state index is 0.0362. The standard InChI is InChI=1S/C41H58FN9O9/c1-3-41(42)10-14-51(29-41)36(53)26-44-39(58)31-9-11-43-33-6-5-30(25-32(31)33)45(2)12-4-13-46-17-23-50(24-18-46)35(52)8-7-34(40(59)60)49-21-19-47(27-37(54)55)15-16-48(20-22-49)28-38(56)57/h3,5-6,9,11,25,34H,1,4,7-8,10,12-24,26-29H2,2H3,(H,44,58)(H,54,55)(H,56,57)(H,59,60). The highest BCUT2D eigenvalue weighted by Gasteiger charge is 2.37. The number of aliphatic carboxylic acids is 3. The first-order valence-corrected chi connectivity index (χ1v) is 20.5. The maximum Gasteiger partial charge on any atom is 0.320 e. The van der Waals surface area contributed by atoms with E-state index in [2.05, 4.69) is 26.7 Å². The van der Waals surface area contributed by atoms with Crippen molar-refractivity contribution in [3.63, 3.8) is 0 Å². The van der Waals surface area contributed by atoms with Gasteiger partial charge in [-0.1, -0.05) is 12.7 Å². The quantitative estimate of drug-likeness (QED) is 0.150. The minimum atomic E-state index is -1.61. The number of nitrogens with zero attached hydrogens (tertiary/aromatic N) is 8. The molecule has 328 valence electrons. The van der Waals surface area contributed by atoms with Gasteiger partial charge in [-0.05, 0) is 43.7 Å². The van der Waals surface area contributed by atoms with Crippen molar-refractivity contribution in [2.45, 2.75) is 37.4 Å². The van der Waals surface area contributed by atoms with E-state index in [9.17, 15) is 48.5 Å². The molecule has 3 fully saturated rings. The Morgan fingerprint density at radius 1 is 0.867 bits per heavy atom. The number of carboxylic acid groups (broad SMARTS) is 3. The number of carbonyl (C=O) groups excluding carboxylic acids is 3. The van der Waals surface area contributed by atoms with Crippen LogP contribution in [-0.4, -0.2) is 215 Å². The number of nitrogens with one attached hydrogen (secondary N) is 1. The first-order chi connectivity index (χ1) is 28.6. The van der Waals surface area contributed by atoms with E-state index >= 15 is 0 Å². The molecule has 2 aromatic rings. The summed E-state index contributed by atoms with van der Waals surface area (Å²) in [5, 5.41) is 32.2. The summed E-state index contributed by atoms with van der Waals surface area (Å²) in [6, 6.07) is 6.31. The van der Waals surface area contributed by atoms with Crippen LogP contribution in [0.1, 0.15) is 36.0 Å². The summed E-state index contributed by atoms with van der Waals surface area (Å²) in [5.74, 6) is -4.04. The van der Waals surface area contributed by atoms with Gasteiger partial charge >= 0.3 is 17.9 Å². The number of benzene rings is 1. The molecule has 2 unspecified atom stereocenters. The van der Waals surface area contributed by atoms with E-state index in [-0.39, 0.29) is 76.9 Å². The highest BCUT2D eigenvalue weighted by molar-refractivity contribution is 6.07. The fourth-order valence-corrected chi connectivity index (χ4v) is 8.04. The minimum Gasteiger partial charge on any atom is -0.480 e. The maximum atomic E-state index is 14.5. The van der Waals surface area contributed by atoms with Crippen LogP contribution in [0, 0.1) is 0 Å². The molecule has 60 heavy (non-hydrogen) atoms. The zero-order chi connectivity index (χ0) is 43.4. The van der Waals surface area contributed by atoms with E-state index in [0.717, 1.165) is 18.7 Å². The summed E-state index contributed by atoms with van der Waals surface area (Å²) in [6.45, 7) is 8.67. The molecule has 3 amide bonds. The van der Waals surface area contributed by atoms with Gasteiger partial charge < -0.3 is 35.3 Å². The molecule has 3 aliphatic heterocycles. The fourth-order valence-electron chi connectivity index (χ4n) is 8.04. The second kappa shape index (κ2) is 21.3. The van der Waals surface area contributed by atoms with E-state index < -0.39 is 35.5 Å². The van der Waals surface area contributed by atoms with Gasteiger partial charge in [0.2, 0.25) is 11.8 Å². The van der Waals surface area contributed by atoms with Crippen molar-refractivity contribution in [1.29, 1.82) is 0 Å². The molecular formula is C41H58FN9O9.